The van der Waals surface area contributed by atoms with E-state index in [4.69, 9.17) is 4.74 Å². The van der Waals surface area contributed by atoms with Crippen molar-refractivity contribution >= 4 is 22.3 Å². The Bertz CT molecular complexity index is 840. The highest BCUT2D eigenvalue weighted by molar-refractivity contribution is 7.89. The first-order chi connectivity index (χ1) is 12.2. The SMILES string of the molecule is Cc1ccccc1S(=O)(=O)N/N=C/C1(NC(=O)OC(C)(C)C)CC(F)(F)C1. The van der Waals surface area contributed by atoms with E-state index in [2.05, 4.69) is 10.4 Å². The predicted molar refractivity (Wildman–Crippen MR) is 96.3 cm³/mol. The van der Waals surface area contributed by atoms with Crippen LogP contribution in [-0.2, 0) is 14.8 Å². The number of halogens is 2. The van der Waals surface area contributed by atoms with Crippen LogP contribution in [0.4, 0.5) is 13.6 Å². The van der Waals surface area contributed by atoms with Gasteiger partial charge in [-0.15, -0.1) is 0 Å². The zero-order chi connectivity index (χ0) is 20.5. The average molecular weight is 403 g/mol. The second-order valence-corrected chi connectivity index (χ2v) is 9.24. The summed E-state index contributed by atoms with van der Waals surface area (Å²) in [6.07, 6.45) is -1.31. The first kappa shape index (κ1) is 21.1. The molecule has 10 heteroatoms. The summed E-state index contributed by atoms with van der Waals surface area (Å²) < 4.78 is 56.5. The first-order valence-corrected chi connectivity index (χ1v) is 9.73. The van der Waals surface area contributed by atoms with E-state index in [9.17, 15) is 22.0 Å². The summed E-state index contributed by atoms with van der Waals surface area (Å²) in [5.74, 6) is -2.98. The van der Waals surface area contributed by atoms with Crippen LogP contribution in [0.15, 0.2) is 34.3 Å². The number of rotatable bonds is 5. The molecule has 2 rings (SSSR count). The minimum absolute atomic E-state index is 0.0234. The minimum Gasteiger partial charge on any atom is -0.444 e. The summed E-state index contributed by atoms with van der Waals surface area (Å²) in [5, 5.41) is 5.96. The maximum atomic E-state index is 13.4. The molecule has 1 aliphatic carbocycles. The Balaban J connectivity index is 2.12. The molecule has 1 amide bonds. The molecule has 0 aliphatic heterocycles. The lowest BCUT2D eigenvalue weighted by atomic mass is 9.74. The number of alkyl carbamates (subject to hydrolysis) is 1. The molecule has 1 saturated carbocycles. The van der Waals surface area contributed by atoms with E-state index < -0.39 is 46.0 Å². The van der Waals surface area contributed by atoms with Gasteiger partial charge in [0, 0.05) is 12.8 Å². The van der Waals surface area contributed by atoms with Gasteiger partial charge in [0.1, 0.15) is 5.60 Å². The Labute approximate surface area is 157 Å². The molecular formula is C17H23F2N3O4S. The smallest absolute Gasteiger partial charge is 0.408 e. The van der Waals surface area contributed by atoms with E-state index in [-0.39, 0.29) is 4.90 Å². The molecule has 0 aromatic heterocycles. The third-order valence-corrected chi connectivity index (χ3v) is 5.15. The van der Waals surface area contributed by atoms with Crippen molar-refractivity contribution in [3.05, 3.63) is 29.8 Å². The van der Waals surface area contributed by atoms with Crippen molar-refractivity contribution < 1.29 is 26.7 Å². The number of benzene rings is 1. The molecule has 0 bridgehead atoms. The van der Waals surface area contributed by atoms with Crippen LogP contribution in [0.1, 0.15) is 39.2 Å². The van der Waals surface area contributed by atoms with Crippen molar-refractivity contribution in [3.8, 4) is 0 Å². The molecule has 0 spiro atoms. The summed E-state index contributed by atoms with van der Waals surface area (Å²) in [5.41, 5.74) is -1.78. The van der Waals surface area contributed by atoms with Gasteiger partial charge in [-0.1, -0.05) is 18.2 Å². The van der Waals surface area contributed by atoms with E-state index >= 15 is 0 Å². The van der Waals surface area contributed by atoms with Crippen molar-refractivity contribution in [1.82, 2.24) is 10.1 Å². The van der Waals surface area contributed by atoms with Crippen LogP contribution in [0.25, 0.3) is 0 Å². The van der Waals surface area contributed by atoms with Crippen LogP contribution in [0, 0.1) is 6.92 Å². The Hall–Kier alpha value is -2.23. The summed E-state index contributed by atoms with van der Waals surface area (Å²) in [4.78, 5) is 13.9. The highest BCUT2D eigenvalue weighted by Gasteiger charge is 2.57. The maximum Gasteiger partial charge on any atom is 0.408 e. The topological polar surface area (TPSA) is 96.9 Å². The number of nitrogens with one attached hydrogen (secondary N) is 2. The highest BCUT2D eigenvalue weighted by atomic mass is 32.2. The van der Waals surface area contributed by atoms with Gasteiger partial charge in [0.2, 0.25) is 0 Å². The number of aryl methyl sites for hydroxylation is 1. The van der Waals surface area contributed by atoms with Crippen LogP contribution in [0.2, 0.25) is 0 Å². The van der Waals surface area contributed by atoms with Crippen molar-refractivity contribution in [2.75, 3.05) is 0 Å². The number of amides is 1. The fourth-order valence-electron chi connectivity index (χ4n) is 2.72. The molecule has 0 heterocycles. The second kappa shape index (κ2) is 7.06. The number of hydrogen-bond donors (Lipinski definition) is 2. The van der Waals surface area contributed by atoms with Gasteiger partial charge in [-0.25, -0.2) is 18.4 Å². The number of nitrogens with zero attached hydrogens (tertiary/aromatic N) is 1. The lowest BCUT2D eigenvalue weighted by molar-refractivity contribution is -0.109. The molecule has 1 aromatic rings. The Morgan fingerprint density at radius 1 is 1.26 bits per heavy atom. The third-order valence-electron chi connectivity index (χ3n) is 3.77. The van der Waals surface area contributed by atoms with Gasteiger partial charge in [-0.05, 0) is 39.3 Å². The Morgan fingerprint density at radius 2 is 1.85 bits per heavy atom. The van der Waals surface area contributed by atoms with Crippen molar-refractivity contribution in [3.63, 3.8) is 0 Å². The molecule has 27 heavy (non-hydrogen) atoms. The Morgan fingerprint density at radius 3 is 2.37 bits per heavy atom. The van der Waals surface area contributed by atoms with Crippen molar-refractivity contribution in [2.24, 2.45) is 5.10 Å². The zero-order valence-electron chi connectivity index (χ0n) is 15.5. The zero-order valence-corrected chi connectivity index (χ0v) is 16.4. The Kier molecular flexibility index (Phi) is 5.51. The van der Waals surface area contributed by atoms with E-state index in [0.717, 1.165) is 6.21 Å². The van der Waals surface area contributed by atoms with E-state index in [0.29, 0.717) is 5.56 Å². The largest absolute Gasteiger partial charge is 0.444 e. The number of carbonyl (C=O) groups excluding carboxylic acids is 1. The van der Waals surface area contributed by atoms with Gasteiger partial charge in [-0.2, -0.15) is 13.5 Å². The molecule has 0 atom stereocenters. The molecule has 1 aromatic carbocycles. The summed E-state index contributed by atoms with van der Waals surface area (Å²) in [7, 11) is -3.96. The molecule has 1 aliphatic rings. The molecule has 0 saturated heterocycles. The highest BCUT2D eigenvalue weighted by Crippen LogP contribution is 2.44. The normalized spacial score (nSPS) is 18.6. The molecular weight excluding hydrogens is 380 g/mol. The van der Waals surface area contributed by atoms with E-state index in [1.165, 1.54) is 6.07 Å². The number of carbonyl (C=O) groups is 1. The fraction of sp³-hybridized carbons (Fsp3) is 0.529. The van der Waals surface area contributed by atoms with Crippen LogP contribution in [0.3, 0.4) is 0 Å². The molecule has 0 radical (unpaired) electrons. The second-order valence-electron chi connectivity index (χ2n) is 7.61. The predicted octanol–water partition coefficient (Wildman–Crippen LogP) is 2.95. The van der Waals surface area contributed by atoms with Gasteiger partial charge in [0.25, 0.3) is 15.9 Å². The number of sulfonamides is 1. The van der Waals surface area contributed by atoms with E-state index in [1.54, 1.807) is 45.9 Å². The van der Waals surface area contributed by atoms with Crippen molar-refractivity contribution in [2.45, 2.75) is 62.5 Å². The lowest BCUT2D eigenvalue weighted by Gasteiger charge is -2.44. The molecule has 2 N–H and O–H groups in total. The van der Waals surface area contributed by atoms with Crippen molar-refractivity contribution in [1.29, 1.82) is 0 Å². The fourth-order valence-corrected chi connectivity index (χ4v) is 3.76. The first-order valence-electron chi connectivity index (χ1n) is 8.24. The van der Waals surface area contributed by atoms with Crippen LogP contribution >= 0.6 is 0 Å². The van der Waals surface area contributed by atoms with Crippen LogP contribution < -0.4 is 10.1 Å². The van der Waals surface area contributed by atoms with Gasteiger partial charge in [-0.3, -0.25) is 0 Å². The van der Waals surface area contributed by atoms with Gasteiger partial charge in [0.05, 0.1) is 16.6 Å². The number of hydrogen-bond acceptors (Lipinski definition) is 5. The summed E-state index contributed by atoms with van der Waals surface area (Å²) >= 11 is 0. The van der Waals surface area contributed by atoms with E-state index in [1.807, 2.05) is 4.83 Å². The average Bonchev–Trinajstić information content (AvgIpc) is 2.42. The molecule has 7 nitrogen and oxygen atoms in total. The number of hydrazone groups is 1. The number of ether oxygens (including phenoxy) is 1. The number of alkyl halides is 2. The molecule has 150 valence electrons. The summed E-state index contributed by atoms with van der Waals surface area (Å²) in [6, 6.07) is 6.27. The monoisotopic (exact) mass is 403 g/mol. The standard InChI is InChI=1S/C17H23F2N3O4S/c1-12-7-5-6-8-13(12)27(24,25)22-20-11-16(9-17(18,19)10-16)21-14(23)26-15(2,3)4/h5-8,11,22H,9-10H2,1-4H3,(H,21,23)/b20-11+. The minimum atomic E-state index is -3.96. The quantitative estimate of drug-likeness (QED) is 0.583. The molecule has 0 unspecified atom stereocenters. The van der Waals surface area contributed by atoms with Gasteiger partial charge >= 0.3 is 6.09 Å². The van der Waals surface area contributed by atoms with Crippen LogP contribution in [-0.4, -0.2) is 37.8 Å². The lowest BCUT2D eigenvalue weighted by Crippen LogP contribution is -2.64. The van der Waals surface area contributed by atoms with Gasteiger partial charge < -0.3 is 10.1 Å². The third kappa shape index (κ3) is 5.62. The van der Waals surface area contributed by atoms with Gasteiger partial charge in [0.15, 0.2) is 0 Å². The van der Waals surface area contributed by atoms with Crippen LogP contribution in [0.5, 0.6) is 0 Å². The molecule has 1 fully saturated rings. The maximum absolute atomic E-state index is 13.4. The summed E-state index contributed by atoms with van der Waals surface area (Å²) in [6.45, 7) is 6.54.